The Labute approximate surface area is 158 Å². The summed E-state index contributed by atoms with van der Waals surface area (Å²) in [6, 6.07) is 10.2. The van der Waals surface area contributed by atoms with E-state index in [0.29, 0.717) is 17.7 Å². The number of aryl methyl sites for hydroxylation is 2. The number of hydrogen-bond acceptors (Lipinski definition) is 4. The third kappa shape index (κ3) is 5.66. The Morgan fingerprint density at radius 3 is 2.54 bits per heavy atom. The molecule has 140 valence electrons. The van der Waals surface area contributed by atoms with Crippen LogP contribution in [0, 0.1) is 13.8 Å². The Kier molecular flexibility index (Phi) is 7.33. The molecule has 2 N–H and O–H groups in total. The monoisotopic (exact) mass is 374 g/mol. The lowest BCUT2D eigenvalue weighted by molar-refractivity contribution is -0.123. The van der Waals surface area contributed by atoms with Crippen LogP contribution >= 0.6 is 11.8 Å². The van der Waals surface area contributed by atoms with E-state index in [0.717, 1.165) is 17.1 Å². The first kappa shape index (κ1) is 20.1. The van der Waals surface area contributed by atoms with Gasteiger partial charge in [-0.05, 0) is 63.5 Å². The molecule has 2 unspecified atom stereocenters. The van der Waals surface area contributed by atoms with Crippen LogP contribution < -0.4 is 10.6 Å². The van der Waals surface area contributed by atoms with E-state index in [-0.39, 0.29) is 17.9 Å². The summed E-state index contributed by atoms with van der Waals surface area (Å²) < 4.78 is 5.56. The van der Waals surface area contributed by atoms with Crippen molar-refractivity contribution >= 4 is 23.6 Å². The number of benzene rings is 1. The van der Waals surface area contributed by atoms with Crippen molar-refractivity contribution in [1.82, 2.24) is 10.6 Å². The van der Waals surface area contributed by atoms with Crippen molar-refractivity contribution in [2.75, 3.05) is 12.0 Å². The number of furan rings is 1. The lowest BCUT2D eigenvalue weighted by atomic mass is 10.1. The van der Waals surface area contributed by atoms with Gasteiger partial charge in [-0.15, -0.1) is 0 Å². The van der Waals surface area contributed by atoms with Crippen molar-refractivity contribution in [3.8, 4) is 0 Å². The first-order chi connectivity index (χ1) is 12.4. The number of rotatable bonds is 8. The highest BCUT2D eigenvalue weighted by Crippen LogP contribution is 2.16. The van der Waals surface area contributed by atoms with Crippen LogP contribution in [-0.2, 0) is 4.79 Å². The largest absolute Gasteiger partial charge is 0.464 e. The molecule has 2 amide bonds. The lowest BCUT2D eigenvalue weighted by Gasteiger charge is -2.20. The number of nitrogens with one attached hydrogen (secondary N) is 2. The normalized spacial score (nSPS) is 13.1. The first-order valence-electron chi connectivity index (χ1n) is 8.64. The van der Waals surface area contributed by atoms with Gasteiger partial charge in [0.2, 0.25) is 5.91 Å². The number of amides is 2. The predicted molar refractivity (Wildman–Crippen MR) is 105 cm³/mol. The maximum atomic E-state index is 12.7. The van der Waals surface area contributed by atoms with Crippen LogP contribution in [-0.4, -0.2) is 29.9 Å². The zero-order valence-corrected chi connectivity index (χ0v) is 16.5. The van der Waals surface area contributed by atoms with Crippen molar-refractivity contribution in [2.45, 2.75) is 39.3 Å². The molecule has 0 aliphatic rings. The molecule has 26 heavy (non-hydrogen) atoms. The van der Waals surface area contributed by atoms with Gasteiger partial charge >= 0.3 is 0 Å². The Morgan fingerprint density at radius 1 is 1.15 bits per heavy atom. The quantitative estimate of drug-likeness (QED) is 0.740. The Hall–Kier alpha value is -2.21. The molecule has 0 bridgehead atoms. The zero-order chi connectivity index (χ0) is 19.1. The molecular formula is C20H26N2O3S. The fraction of sp³-hybridized carbons (Fsp3) is 0.400. The molecule has 0 aliphatic heterocycles. The van der Waals surface area contributed by atoms with Gasteiger partial charge in [0.25, 0.3) is 5.91 Å². The van der Waals surface area contributed by atoms with Gasteiger partial charge in [-0.25, -0.2) is 0 Å². The summed E-state index contributed by atoms with van der Waals surface area (Å²) in [5.74, 6) is 1.83. The SMILES string of the molecule is CSCCC(NC(=O)c1cccc(C)c1)C(=O)NC(C)c1ccc(C)o1. The molecule has 2 rings (SSSR count). The smallest absolute Gasteiger partial charge is 0.251 e. The number of hydrogen-bond donors (Lipinski definition) is 2. The van der Waals surface area contributed by atoms with Crippen molar-refractivity contribution < 1.29 is 14.0 Å². The molecular weight excluding hydrogens is 348 g/mol. The Balaban J connectivity index is 2.05. The molecule has 0 spiro atoms. The van der Waals surface area contributed by atoms with E-state index in [9.17, 15) is 9.59 Å². The van der Waals surface area contributed by atoms with Crippen LogP contribution in [0.25, 0.3) is 0 Å². The molecule has 0 fully saturated rings. The lowest BCUT2D eigenvalue weighted by Crippen LogP contribution is -2.47. The molecule has 1 aromatic heterocycles. The van der Waals surface area contributed by atoms with Crippen molar-refractivity contribution in [2.24, 2.45) is 0 Å². The molecule has 2 aromatic rings. The molecule has 1 heterocycles. The van der Waals surface area contributed by atoms with Crippen LogP contribution in [0.2, 0.25) is 0 Å². The van der Waals surface area contributed by atoms with Crippen LogP contribution in [0.1, 0.15) is 46.8 Å². The maximum Gasteiger partial charge on any atom is 0.251 e. The summed E-state index contributed by atoms with van der Waals surface area (Å²) in [5, 5.41) is 5.79. The number of thioether (sulfide) groups is 1. The third-order valence-corrected chi connectivity index (χ3v) is 4.70. The Bertz CT molecular complexity index is 757. The minimum absolute atomic E-state index is 0.207. The summed E-state index contributed by atoms with van der Waals surface area (Å²) in [7, 11) is 0. The van der Waals surface area contributed by atoms with Crippen molar-refractivity contribution in [1.29, 1.82) is 0 Å². The molecule has 5 nitrogen and oxygen atoms in total. The molecule has 0 radical (unpaired) electrons. The molecule has 2 atom stereocenters. The van der Waals surface area contributed by atoms with Crippen LogP contribution in [0.3, 0.4) is 0 Å². The Morgan fingerprint density at radius 2 is 1.92 bits per heavy atom. The van der Waals surface area contributed by atoms with Gasteiger partial charge in [0.05, 0.1) is 6.04 Å². The highest BCUT2D eigenvalue weighted by molar-refractivity contribution is 7.98. The third-order valence-electron chi connectivity index (χ3n) is 4.06. The molecule has 6 heteroatoms. The van der Waals surface area contributed by atoms with Crippen molar-refractivity contribution in [3.05, 3.63) is 59.0 Å². The van der Waals surface area contributed by atoms with Crippen LogP contribution in [0.15, 0.2) is 40.8 Å². The van der Waals surface area contributed by atoms with Crippen LogP contribution in [0.4, 0.5) is 0 Å². The minimum atomic E-state index is -0.589. The molecule has 0 saturated carbocycles. The molecule has 0 saturated heterocycles. The van der Waals surface area contributed by atoms with Gasteiger partial charge < -0.3 is 15.1 Å². The van der Waals surface area contributed by atoms with E-state index in [2.05, 4.69) is 10.6 Å². The predicted octanol–water partition coefficient (Wildman–Crippen LogP) is 3.63. The van der Waals surface area contributed by atoms with Gasteiger partial charge in [-0.2, -0.15) is 11.8 Å². The van der Waals surface area contributed by atoms with Gasteiger partial charge in [0.1, 0.15) is 17.6 Å². The molecule has 1 aromatic carbocycles. The summed E-state index contributed by atoms with van der Waals surface area (Å²) in [4.78, 5) is 25.2. The second-order valence-corrected chi connectivity index (χ2v) is 7.34. The fourth-order valence-electron chi connectivity index (χ4n) is 2.60. The van der Waals surface area contributed by atoms with E-state index in [1.54, 1.807) is 17.8 Å². The summed E-state index contributed by atoms with van der Waals surface area (Å²) >= 11 is 1.64. The summed E-state index contributed by atoms with van der Waals surface area (Å²) in [6.07, 6.45) is 2.54. The number of carbonyl (C=O) groups is 2. The van der Waals surface area contributed by atoms with Gasteiger partial charge in [0, 0.05) is 5.56 Å². The average molecular weight is 375 g/mol. The van der Waals surface area contributed by atoms with E-state index in [1.807, 2.05) is 57.4 Å². The van der Waals surface area contributed by atoms with E-state index in [1.165, 1.54) is 0 Å². The maximum absolute atomic E-state index is 12.7. The van der Waals surface area contributed by atoms with Gasteiger partial charge in [0.15, 0.2) is 0 Å². The highest BCUT2D eigenvalue weighted by Gasteiger charge is 2.23. The summed E-state index contributed by atoms with van der Waals surface area (Å²) in [5.41, 5.74) is 1.56. The fourth-order valence-corrected chi connectivity index (χ4v) is 3.08. The molecule has 0 aliphatic carbocycles. The summed E-state index contributed by atoms with van der Waals surface area (Å²) in [6.45, 7) is 5.66. The minimum Gasteiger partial charge on any atom is -0.464 e. The van der Waals surface area contributed by atoms with E-state index >= 15 is 0 Å². The van der Waals surface area contributed by atoms with Crippen molar-refractivity contribution in [3.63, 3.8) is 0 Å². The first-order valence-corrected chi connectivity index (χ1v) is 10.0. The van der Waals surface area contributed by atoms with Gasteiger partial charge in [-0.3, -0.25) is 9.59 Å². The second kappa shape index (κ2) is 9.48. The van der Waals surface area contributed by atoms with Crippen LogP contribution in [0.5, 0.6) is 0 Å². The zero-order valence-electron chi connectivity index (χ0n) is 15.7. The number of carbonyl (C=O) groups excluding carboxylic acids is 2. The second-order valence-electron chi connectivity index (χ2n) is 6.36. The standard InChI is InChI=1S/C20H26N2O3S/c1-13-6-5-7-16(12-13)19(23)22-17(10-11-26-4)20(24)21-15(3)18-9-8-14(2)25-18/h5-9,12,15,17H,10-11H2,1-4H3,(H,21,24)(H,22,23). The van der Waals surface area contributed by atoms with E-state index in [4.69, 9.17) is 4.42 Å². The average Bonchev–Trinajstić information content (AvgIpc) is 3.04. The topological polar surface area (TPSA) is 71.3 Å². The van der Waals surface area contributed by atoms with Gasteiger partial charge in [-0.1, -0.05) is 17.7 Å². The van der Waals surface area contributed by atoms with E-state index < -0.39 is 6.04 Å². The highest BCUT2D eigenvalue weighted by atomic mass is 32.2.